The molecule has 0 heterocycles. The number of hydrogen-bond acceptors (Lipinski definition) is 1. The van der Waals surface area contributed by atoms with Crippen LogP contribution in [0, 0.1) is 6.92 Å². The fraction of sp³-hybridized carbons (Fsp3) is 0.133. The summed E-state index contributed by atoms with van der Waals surface area (Å²) in [5.41, 5.74) is 8.45. The zero-order chi connectivity index (χ0) is 13.0. The van der Waals surface area contributed by atoms with Crippen LogP contribution in [0.15, 0.2) is 54.6 Å². The number of urea groups is 1. The van der Waals surface area contributed by atoms with Crippen LogP contribution in [0.2, 0.25) is 0 Å². The third kappa shape index (κ3) is 2.88. The molecule has 18 heavy (non-hydrogen) atoms. The minimum Gasteiger partial charge on any atom is -0.352 e. The summed E-state index contributed by atoms with van der Waals surface area (Å²) in [6.45, 7) is 2.02. The molecule has 0 saturated heterocycles. The molecule has 0 radical (unpaired) electrons. The first-order valence-corrected chi connectivity index (χ1v) is 5.84. The van der Waals surface area contributed by atoms with Gasteiger partial charge in [0.05, 0.1) is 6.04 Å². The van der Waals surface area contributed by atoms with Gasteiger partial charge in [-0.3, -0.25) is 0 Å². The number of aryl methyl sites for hydroxylation is 1. The lowest BCUT2D eigenvalue weighted by Gasteiger charge is -2.19. The Morgan fingerprint density at radius 1 is 1.06 bits per heavy atom. The monoisotopic (exact) mass is 240 g/mol. The van der Waals surface area contributed by atoms with Gasteiger partial charge in [0, 0.05) is 0 Å². The number of rotatable bonds is 3. The third-order valence-corrected chi connectivity index (χ3v) is 2.79. The predicted octanol–water partition coefficient (Wildman–Crippen LogP) is 2.75. The van der Waals surface area contributed by atoms with E-state index < -0.39 is 6.03 Å². The summed E-state index contributed by atoms with van der Waals surface area (Å²) in [4.78, 5) is 11.2. The van der Waals surface area contributed by atoms with Gasteiger partial charge >= 0.3 is 6.03 Å². The normalized spacial score (nSPS) is 11.8. The van der Waals surface area contributed by atoms with E-state index >= 15 is 0 Å². The maximum absolute atomic E-state index is 11.2. The minimum absolute atomic E-state index is 0.205. The lowest BCUT2D eigenvalue weighted by atomic mass is 9.97. The molecule has 3 heteroatoms. The van der Waals surface area contributed by atoms with E-state index in [0.29, 0.717) is 0 Å². The number of carbonyl (C=O) groups excluding carboxylic acids is 1. The van der Waals surface area contributed by atoms with Gasteiger partial charge < -0.3 is 11.1 Å². The lowest BCUT2D eigenvalue weighted by Crippen LogP contribution is -2.33. The number of nitrogens with one attached hydrogen (secondary N) is 1. The molecule has 0 spiro atoms. The van der Waals surface area contributed by atoms with Crippen molar-refractivity contribution in [3.8, 4) is 0 Å². The largest absolute Gasteiger partial charge is 0.352 e. The van der Waals surface area contributed by atoms with Gasteiger partial charge in [-0.2, -0.15) is 0 Å². The summed E-state index contributed by atoms with van der Waals surface area (Å²) in [6, 6.07) is 17.1. The SMILES string of the molecule is Cc1cccc([C@H](NC(N)=O)c2ccccc2)c1. The van der Waals surface area contributed by atoms with Gasteiger partial charge in [-0.25, -0.2) is 4.79 Å². The van der Waals surface area contributed by atoms with E-state index in [1.165, 1.54) is 0 Å². The number of nitrogens with two attached hydrogens (primary N) is 1. The molecule has 0 saturated carbocycles. The standard InChI is InChI=1S/C15H16N2O/c1-11-6-5-9-13(10-11)14(17-15(16)18)12-7-3-2-4-8-12/h2-10,14H,1H3,(H3,16,17,18)/t14-/m1/s1. The molecule has 0 aliphatic carbocycles. The molecular weight excluding hydrogens is 224 g/mol. The Bertz CT molecular complexity index is 537. The molecule has 0 unspecified atom stereocenters. The van der Waals surface area contributed by atoms with Crippen molar-refractivity contribution in [2.75, 3.05) is 0 Å². The van der Waals surface area contributed by atoms with Crippen molar-refractivity contribution in [2.45, 2.75) is 13.0 Å². The van der Waals surface area contributed by atoms with E-state index in [2.05, 4.69) is 5.32 Å². The first-order valence-electron chi connectivity index (χ1n) is 5.84. The van der Waals surface area contributed by atoms with Crippen LogP contribution in [0.5, 0.6) is 0 Å². The summed E-state index contributed by atoms with van der Waals surface area (Å²) >= 11 is 0. The highest BCUT2D eigenvalue weighted by Gasteiger charge is 2.14. The fourth-order valence-corrected chi connectivity index (χ4v) is 2.00. The molecule has 3 N–H and O–H groups in total. The maximum atomic E-state index is 11.2. The maximum Gasteiger partial charge on any atom is 0.312 e. The Balaban J connectivity index is 2.40. The number of carbonyl (C=O) groups is 1. The highest BCUT2D eigenvalue weighted by Crippen LogP contribution is 2.22. The quantitative estimate of drug-likeness (QED) is 0.851. The Morgan fingerprint density at radius 3 is 2.33 bits per heavy atom. The van der Waals surface area contributed by atoms with Crippen molar-refractivity contribution in [1.82, 2.24) is 5.32 Å². The van der Waals surface area contributed by atoms with Gasteiger partial charge in [0.1, 0.15) is 0 Å². The Labute approximate surface area is 107 Å². The van der Waals surface area contributed by atoms with E-state index in [1.807, 2.05) is 61.5 Å². The van der Waals surface area contributed by atoms with Crippen molar-refractivity contribution in [3.05, 3.63) is 71.3 Å². The second-order valence-electron chi connectivity index (χ2n) is 4.27. The molecule has 0 fully saturated rings. The number of hydrogen-bond donors (Lipinski definition) is 2. The van der Waals surface area contributed by atoms with Crippen molar-refractivity contribution in [1.29, 1.82) is 0 Å². The summed E-state index contributed by atoms with van der Waals surface area (Å²) in [5, 5.41) is 2.78. The molecule has 0 aromatic heterocycles. The second kappa shape index (κ2) is 5.36. The van der Waals surface area contributed by atoms with Crippen LogP contribution >= 0.6 is 0 Å². The molecule has 3 nitrogen and oxygen atoms in total. The first kappa shape index (κ1) is 12.2. The average Bonchev–Trinajstić information content (AvgIpc) is 2.37. The number of primary amides is 1. The zero-order valence-corrected chi connectivity index (χ0v) is 10.3. The molecule has 0 aliphatic heterocycles. The Kier molecular flexibility index (Phi) is 3.63. The van der Waals surface area contributed by atoms with E-state index in [0.717, 1.165) is 16.7 Å². The molecule has 0 bridgehead atoms. The first-order chi connectivity index (χ1) is 8.66. The molecule has 2 amide bonds. The minimum atomic E-state index is -0.523. The van der Waals surface area contributed by atoms with Crippen LogP contribution < -0.4 is 11.1 Å². The lowest BCUT2D eigenvalue weighted by molar-refractivity contribution is 0.247. The molecule has 2 aromatic rings. The average molecular weight is 240 g/mol. The molecule has 0 aliphatic rings. The highest BCUT2D eigenvalue weighted by atomic mass is 16.2. The fourth-order valence-electron chi connectivity index (χ4n) is 2.00. The van der Waals surface area contributed by atoms with Gasteiger partial charge in [0.2, 0.25) is 0 Å². The third-order valence-electron chi connectivity index (χ3n) is 2.79. The van der Waals surface area contributed by atoms with Crippen molar-refractivity contribution in [3.63, 3.8) is 0 Å². The summed E-state index contributed by atoms with van der Waals surface area (Å²) in [6.07, 6.45) is 0. The topological polar surface area (TPSA) is 55.1 Å². The van der Waals surface area contributed by atoms with E-state index in [4.69, 9.17) is 5.73 Å². The van der Waals surface area contributed by atoms with Gasteiger partial charge in [-0.1, -0.05) is 60.2 Å². The van der Waals surface area contributed by atoms with E-state index in [9.17, 15) is 4.79 Å². The van der Waals surface area contributed by atoms with Crippen LogP contribution in [0.4, 0.5) is 4.79 Å². The van der Waals surface area contributed by atoms with E-state index in [1.54, 1.807) is 0 Å². The highest BCUT2D eigenvalue weighted by molar-refractivity contribution is 5.73. The van der Waals surface area contributed by atoms with Crippen LogP contribution in [0.3, 0.4) is 0 Å². The van der Waals surface area contributed by atoms with Gasteiger partial charge in [0.15, 0.2) is 0 Å². The van der Waals surface area contributed by atoms with Crippen LogP contribution in [-0.2, 0) is 0 Å². The van der Waals surface area contributed by atoms with Gasteiger partial charge in [-0.15, -0.1) is 0 Å². The van der Waals surface area contributed by atoms with Crippen LogP contribution in [0.25, 0.3) is 0 Å². The molecule has 1 atom stereocenters. The van der Waals surface area contributed by atoms with E-state index in [-0.39, 0.29) is 6.04 Å². The zero-order valence-electron chi connectivity index (χ0n) is 10.3. The summed E-state index contributed by atoms with van der Waals surface area (Å²) < 4.78 is 0. The van der Waals surface area contributed by atoms with Gasteiger partial charge in [0.25, 0.3) is 0 Å². The smallest absolute Gasteiger partial charge is 0.312 e. The Morgan fingerprint density at radius 2 is 1.72 bits per heavy atom. The number of amides is 2. The molecule has 2 aromatic carbocycles. The molecular formula is C15H16N2O. The summed E-state index contributed by atoms with van der Waals surface area (Å²) in [5.74, 6) is 0. The van der Waals surface area contributed by atoms with Crippen LogP contribution in [0.1, 0.15) is 22.7 Å². The van der Waals surface area contributed by atoms with Crippen molar-refractivity contribution < 1.29 is 4.79 Å². The molecule has 2 rings (SSSR count). The van der Waals surface area contributed by atoms with Crippen LogP contribution in [-0.4, -0.2) is 6.03 Å². The Hall–Kier alpha value is -2.29. The van der Waals surface area contributed by atoms with Crippen molar-refractivity contribution in [2.24, 2.45) is 5.73 Å². The van der Waals surface area contributed by atoms with Crippen molar-refractivity contribution >= 4 is 6.03 Å². The van der Waals surface area contributed by atoms with Gasteiger partial charge in [-0.05, 0) is 18.1 Å². The summed E-state index contributed by atoms with van der Waals surface area (Å²) in [7, 11) is 0. The second-order valence-corrected chi connectivity index (χ2v) is 4.27. The molecule has 92 valence electrons. The number of benzene rings is 2. The predicted molar refractivity (Wildman–Crippen MR) is 72.2 cm³/mol.